The lowest BCUT2D eigenvalue weighted by Gasteiger charge is -2.33. The zero-order chi connectivity index (χ0) is 15.5. The number of β-amino-alcohol motifs (C(OH)–C–C–N with tert-alkyl or cyclic N) is 1. The Hall–Kier alpha value is -1.62. The summed E-state index contributed by atoms with van der Waals surface area (Å²) in [6, 6.07) is 2.27. The number of aliphatic hydroxyl groups excluding tert-OH is 1. The number of piperazine rings is 1. The van der Waals surface area contributed by atoms with Crippen LogP contribution in [0.4, 0.5) is 5.82 Å². The molecule has 1 saturated heterocycles. The lowest BCUT2D eigenvalue weighted by molar-refractivity contribution is -0.389. The van der Waals surface area contributed by atoms with Crippen molar-refractivity contribution in [1.29, 1.82) is 0 Å². The number of sulfonamides is 1. The van der Waals surface area contributed by atoms with Crippen molar-refractivity contribution in [2.24, 2.45) is 0 Å². The number of nitrogens with zero attached hydrogens (tertiary/aromatic N) is 4. The summed E-state index contributed by atoms with van der Waals surface area (Å²) in [5, 5.41) is 19.4. The molecule has 1 fully saturated rings. The molecule has 0 saturated carbocycles. The molecule has 1 aliphatic heterocycles. The van der Waals surface area contributed by atoms with Gasteiger partial charge < -0.3 is 15.2 Å². The van der Waals surface area contributed by atoms with E-state index in [1.54, 1.807) is 0 Å². The average Bonchev–Trinajstić information content (AvgIpc) is 2.48. The highest BCUT2D eigenvalue weighted by Gasteiger charge is 2.29. The standard InChI is InChI=1S/C11H16N4O5S/c16-8-7-13-3-5-14(6-4-13)21(19,20)10-1-2-11(12-9-10)15(17)18/h1-2,9,16H,3-8H2. The average molecular weight is 316 g/mol. The zero-order valence-electron chi connectivity index (χ0n) is 11.3. The molecule has 116 valence electrons. The first-order chi connectivity index (χ1) is 9.95. The van der Waals surface area contributed by atoms with E-state index in [4.69, 9.17) is 5.11 Å². The van der Waals surface area contributed by atoms with Crippen LogP contribution in [0.3, 0.4) is 0 Å². The number of hydrogen-bond acceptors (Lipinski definition) is 7. The van der Waals surface area contributed by atoms with E-state index in [-0.39, 0.29) is 17.3 Å². The van der Waals surface area contributed by atoms with Crippen LogP contribution in [-0.4, -0.2) is 72.0 Å². The molecule has 2 heterocycles. The van der Waals surface area contributed by atoms with Gasteiger partial charge in [-0.15, -0.1) is 0 Å². The molecule has 0 bridgehead atoms. The smallest absolute Gasteiger partial charge is 0.363 e. The van der Waals surface area contributed by atoms with Crippen LogP contribution < -0.4 is 0 Å². The number of hydrogen-bond donors (Lipinski definition) is 1. The molecular formula is C11H16N4O5S. The van der Waals surface area contributed by atoms with Crippen LogP contribution in [-0.2, 0) is 10.0 Å². The second-order valence-electron chi connectivity index (χ2n) is 4.58. The lowest BCUT2D eigenvalue weighted by Crippen LogP contribution is -2.49. The summed E-state index contributed by atoms with van der Waals surface area (Å²) >= 11 is 0. The molecule has 0 atom stereocenters. The molecule has 1 aromatic heterocycles. The summed E-state index contributed by atoms with van der Waals surface area (Å²) in [6.07, 6.45) is 1.01. The van der Waals surface area contributed by atoms with E-state index in [9.17, 15) is 18.5 Å². The number of aromatic nitrogens is 1. The molecule has 0 radical (unpaired) electrons. The Morgan fingerprint density at radius 2 is 1.95 bits per heavy atom. The third-order valence-electron chi connectivity index (χ3n) is 3.29. The monoisotopic (exact) mass is 316 g/mol. The molecule has 0 aliphatic carbocycles. The van der Waals surface area contributed by atoms with Gasteiger partial charge in [-0.2, -0.15) is 4.31 Å². The second kappa shape index (κ2) is 6.43. The lowest BCUT2D eigenvalue weighted by atomic mass is 10.4. The van der Waals surface area contributed by atoms with Gasteiger partial charge in [0, 0.05) is 38.8 Å². The number of nitro groups is 1. The zero-order valence-corrected chi connectivity index (χ0v) is 12.1. The molecular weight excluding hydrogens is 300 g/mol. The molecule has 0 unspecified atom stereocenters. The predicted octanol–water partition coefficient (Wildman–Crippen LogP) is -0.712. The van der Waals surface area contributed by atoms with Crippen LogP contribution in [0.15, 0.2) is 23.2 Å². The van der Waals surface area contributed by atoms with Crippen molar-refractivity contribution in [2.75, 3.05) is 39.3 Å². The van der Waals surface area contributed by atoms with E-state index in [0.717, 1.165) is 12.3 Å². The van der Waals surface area contributed by atoms with Gasteiger partial charge in [-0.3, -0.25) is 4.90 Å². The van der Waals surface area contributed by atoms with Crippen LogP contribution in [0.5, 0.6) is 0 Å². The minimum atomic E-state index is -3.68. The predicted molar refractivity (Wildman–Crippen MR) is 73.2 cm³/mol. The topological polar surface area (TPSA) is 117 Å². The Morgan fingerprint density at radius 3 is 2.43 bits per heavy atom. The number of pyridine rings is 1. The van der Waals surface area contributed by atoms with Crippen LogP contribution in [0.25, 0.3) is 0 Å². The van der Waals surface area contributed by atoms with E-state index in [1.165, 1.54) is 10.4 Å². The highest BCUT2D eigenvalue weighted by atomic mass is 32.2. The molecule has 9 nitrogen and oxygen atoms in total. The fourth-order valence-electron chi connectivity index (χ4n) is 2.12. The van der Waals surface area contributed by atoms with Gasteiger partial charge in [0.15, 0.2) is 6.20 Å². The maximum absolute atomic E-state index is 12.4. The normalized spacial score (nSPS) is 17.8. The second-order valence-corrected chi connectivity index (χ2v) is 6.52. The SMILES string of the molecule is O=[N+]([O-])c1ccc(S(=O)(=O)N2CCN(CCO)CC2)cn1. The van der Waals surface area contributed by atoms with Gasteiger partial charge in [0.05, 0.1) is 6.61 Å². The number of aliphatic hydroxyl groups is 1. The van der Waals surface area contributed by atoms with Gasteiger partial charge in [-0.25, -0.2) is 8.42 Å². The Kier molecular flexibility index (Phi) is 4.83. The maximum atomic E-state index is 12.4. The largest absolute Gasteiger partial charge is 0.395 e. The first-order valence-corrected chi connectivity index (χ1v) is 7.83. The van der Waals surface area contributed by atoms with E-state index >= 15 is 0 Å². The fourth-order valence-corrected chi connectivity index (χ4v) is 3.49. The van der Waals surface area contributed by atoms with E-state index in [1.807, 2.05) is 4.90 Å². The van der Waals surface area contributed by atoms with E-state index in [2.05, 4.69) is 4.98 Å². The van der Waals surface area contributed by atoms with Crippen molar-refractivity contribution in [3.63, 3.8) is 0 Å². The van der Waals surface area contributed by atoms with Crippen LogP contribution in [0.1, 0.15) is 0 Å². The summed E-state index contributed by atoms with van der Waals surface area (Å²) < 4.78 is 26.1. The Morgan fingerprint density at radius 1 is 1.29 bits per heavy atom. The van der Waals surface area contributed by atoms with Crippen molar-refractivity contribution in [1.82, 2.24) is 14.2 Å². The van der Waals surface area contributed by atoms with Crippen molar-refractivity contribution >= 4 is 15.8 Å². The van der Waals surface area contributed by atoms with Crippen LogP contribution in [0, 0.1) is 10.1 Å². The van der Waals surface area contributed by atoms with Crippen LogP contribution in [0.2, 0.25) is 0 Å². The Bertz CT molecular complexity index is 596. The minimum Gasteiger partial charge on any atom is -0.395 e. The van der Waals surface area contributed by atoms with Crippen molar-refractivity contribution in [3.05, 3.63) is 28.4 Å². The quantitative estimate of drug-likeness (QED) is 0.563. The minimum absolute atomic E-state index is 0.0407. The first kappa shape index (κ1) is 15.8. The maximum Gasteiger partial charge on any atom is 0.363 e. The van der Waals surface area contributed by atoms with Gasteiger partial charge in [0.25, 0.3) is 0 Å². The van der Waals surface area contributed by atoms with Crippen molar-refractivity contribution in [2.45, 2.75) is 4.90 Å². The highest BCUT2D eigenvalue weighted by molar-refractivity contribution is 7.89. The third-order valence-corrected chi connectivity index (χ3v) is 5.18. The molecule has 21 heavy (non-hydrogen) atoms. The molecule has 0 spiro atoms. The van der Waals surface area contributed by atoms with Gasteiger partial charge >= 0.3 is 5.82 Å². The molecule has 10 heteroatoms. The summed E-state index contributed by atoms with van der Waals surface area (Å²) in [4.78, 5) is 15.3. The molecule has 1 aromatic rings. The van der Waals surface area contributed by atoms with Gasteiger partial charge in [-0.05, 0) is 16.0 Å². The number of rotatable bonds is 5. The summed E-state index contributed by atoms with van der Waals surface area (Å²) in [6.45, 7) is 2.28. The van der Waals surface area contributed by atoms with E-state index < -0.39 is 14.9 Å². The molecule has 1 aliphatic rings. The molecule has 1 N–H and O–H groups in total. The summed E-state index contributed by atoms with van der Waals surface area (Å²) in [5.74, 6) is -0.387. The van der Waals surface area contributed by atoms with E-state index in [0.29, 0.717) is 32.7 Å². The molecule has 2 rings (SSSR count). The first-order valence-electron chi connectivity index (χ1n) is 6.39. The summed E-state index contributed by atoms with van der Waals surface area (Å²) in [5.41, 5.74) is 0. The Labute approximate surface area is 122 Å². The molecule has 0 aromatic carbocycles. The fraction of sp³-hybridized carbons (Fsp3) is 0.545. The molecule has 0 amide bonds. The third kappa shape index (κ3) is 3.53. The van der Waals surface area contributed by atoms with Gasteiger partial charge in [-0.1, -0.05) is 0 Å². The van der Waals surface area contributed by atoms with Crippen molar-refractivity contribution < 1.29 is 18.4 Å². The highest BCUT2D eigenvalue weighted by Crippen LogP contribution is 2.18. The van der Waals surface area contributed by atoms with Gasteiger partial charge in [0.1, 0.15) is 4.90 Å². The van der Waals surface area contributed by atoms with Crippen LogP contribution >= 0.6 is 0 Å². The Balaban J connectivity index is 2.10. The summed E-state index contributed by atoms with van der Waals surface area (Å²) in [7, 11) is -3.68. The van der Waals surface area contributed by atoms with Crippen molar-refractivity contribution in [3.8, 4) is 0 Å². The van der Waals surface area contributed by atoms with Gasteiger partial charge in [0.2, 0.25) is 10.0 Å².